The number of nitrogens with zero attached hydrogens (tertiary/aromatic N) is 1. The van der Waals surface area contributed by atoms with Gasteiger partial charge in [0.05, 0.1) is 6.54 Å². The van der Waals surface area contributed by atoms with Crippen LogP contribution >= 0.6 is 0 Å². The van der Waals surface area contributed by atoms with Gasteiger partial charge < -0.3 is 10.4 Å². The van der Waals surface area contributed by atoms with Crippen molar-refractivity contribution in [2.75, 3.05) is 6.54 Å². The van der Waals surface area contributed by atoms with E-state index in [0.29, 0.717) is 17.9 Å². The molecular formula is C15H24N2O3. The molecule has 0 aromatic carbocycles. The van der Waals surface area contributed by atoms with Crippen molar-refractivity contribution in [3.63, 3.8) is 0 Å². The molecule has 112 valence electrons. The van der Waals surface area contributed by atoms with Crippen LogP contribution in [0.2, 0.25) is 0 Å². The van der Waals surface area contributed by atoms with Gasteiger partial charge in [0.15, 0.2) is 0 Å². The predicted molar refractivity (Wildman–Crippen MR) is 74.2 cm³/mol. The van der Waals surface area contributed by atoms with E-state index in [1.807, 2.05) is 4.90 Å². The average Bonchev–Trinajstić information content (AvgIpc) is 3.30. The topological polar surface area (TPSA) is 69.6 Å². The maximum atomic E-state index is 12.2. The standard InChI is InChI=1S/C15H24N2O3/c1-9(15(19)20)17(12-6-7-12)8-13(18)16-14(10-2-3-10)11-4-5-11/h9-12,14H,2-8H2,1H3,(H,16,18)(H,19,20). The Balaban J connectivity index is 1.54. The fourth-order valence-corrected chi connectivity index (χ4v) is 3.06. The van der Waals surface area contributed by atoms with Crippen LogP contribution in [0.4, 0.5) is 0 Å². The van der Waals surface area contributed by atoms with Gasteiger partial charge in [-0.3, -0.25) is 14.5 Å². The Kier molecular flexibility index (Phi) is 3.71. The van der Waals surface area contributed by atoms with Crippen LogP contribution in [0.1, 0.15) is 45.4 Å². The molecule has 1 atom stereocenters. The Morgan fingerprint density at radius 2 is 1.70 bits per heavy atom. The highest BCUT2D eigenvalue weighted by Gasteiger charge is 2.43. The summed E-state index contributed by atoms with van der Waals surface area (Å²) >= 11 is 0. The number of rotatable bonds is 8. The highest BCUT2D eigenvalue weighted by molar-refractivity contribution is 5.80. The first kappa shape index (κ1) is 13.9. The monoisotopic (exact) mass is 280 g/mol. The number of hydrogen-bond donors (Lipinski definition) is 2. The highest BCUT2D eigenvalue weighted by atomic mass is 16.4. The van der Waals surface area contributed by atoms with Crippen LogP contribution < -0.4 is 5.32 Å². The zero-order valence-electron chi connectivity index (χ0n) is 12.0. The molecule has 0 heterocycles. The zero-order chi connectivity index (χ0) is 14.3. The zero-order valence-corrected chi connectivity index (χ0v) is 12.0. The highest BCUT2D eigenvalue weighted by Crippen LogP contribution is 2.44. The minimum atomic E-state index is -0.842. The molecule has 0 radical (unpaired) electrons. The smallest absolute Gasteiger partial charge is 0.320 e. The van der Waals surface area contributed by atoms with E-state index in [2.05, 4.69) is 5.32 Å². The number of aliphatic carboxylic acids is 1. The van der Waals surface area contributed by atoms with Crippen LogP contribution in [-0.2, 0) is 9.59 Å². The molecule has 0 saturated heterocycles. The quantitative estimate of drug-likeness (QED) is 0.701. The van der Waals surface area contributed by atoms with Crippen molar-refractivity contribution in [3.05, 3.63) is 0 Å². The number of carbonyl (C=O) groups is 2. The maximum absolute atomic E-state index is 12.2. The van der Waals surface area contributed by atoms with Crippen molar-refractivity contribution >= 4 is 11.9 Å². The third kappa shape index (κ3) is 3.32. The Morgan fingerprint density at radius 3 is 2.10 bits per heavy atom. The molecule has 3 fully saturated rings. The number of amides is 1. The summed E-state index contributed by atoms with van der Waals surface area (Å²) in [5.41, 5.74) is 0. The molecule has 0 bridgehead atoms. The first-order valence-electron chi connectivity index (χ1n) is 7.84. The van der Waals surface area contributed by atoms with Gasteiger partial charge in [0.1, 0.15) is 6.04 Å². The summed E-state index contributed by atoms with van der Waals surface area (Å²) < 4.78 is 0. The molecule has 0 aromatic heterocycles. The summed E-state index contributed by atoms with van der Waals surface area (Å²) in [4.78, 5) is 25.2. The van der Waals surface area contributed by atoms with Crippen molar-refractivity contribution < 1.29 is 14.7 Å². The molecule has 1 amide bonds. The van der Waals surface area contributed by atoms with Gasteiger partial charge in [-0.05, 0) is 57.3 Å². The summed E-state index contributed by atoms with van der Waals surface area (Å²) in [6, 6.07) is 0.0596. The third-order valence-corrected chi connectivity index (χ3v) is 4.78. The van der Waals surface area contributed by atoms with Crippen molar-refractivity contribution in [1.29, 1.82) is 0 Å². The van der Waals surface area contributed by atoms with Crippen molar-refractivity contribution in [2.24, 2.45) is 11.8 Å². The summed E-state index contributed by atoms with van der Waals surface area (Å²) in [7, 11) is 0. The Labute approximate surface area is 119 Å². The van der Waals surface area contributed by atoms with Crippen LogP contribution in [0.3, 0.4) is 0 Å². The first-order valence-corrected chi connectivity index (χ1v) is 7.84. The fourth-order valence-electron chi connectivity index (χ4n) is 3.06. The molecule has 3 aliphatic rings. The van der Waals surface area contributed by atoms with E-state index < -0.39 is 12.0 Å². The Hall–Kier alpha value is -1.10. The van der Waals surface area contributed by atoms with Gasteiger partial charge in [-0.2, -0.15) is 0 Å². The number of carboxylic acid groups (broad SMARTS) is 1. The van der Waals surface area contributed by atoms with Gasteiger partial charge in [0, 0.05) is 12.1 Å². The summed E-state index contributed by atoms with van der Waals surface area (Å²) in [5.74, 6) is 0.523. The van der Waals surface area contributed by atoms with Crippen LogP contribution in [0.15, 0.2) is 0 Å². The maximum Gasteiger partial charge on any atom is 0.320 e. The molecule has 3 saturated carbocycles. The van der Waals surface area contributed by atoms with Gasteiger partial charge in [-0.15, -0.1) is 0 Å². The molecule has 3 rings (SSSR count). The Morgan fingerprint density at radius 1 is 1.15 bits per heavy atom. The van der Waals surface area contributed by atoms with E-state index in [4.69, 9.17) is 5.11 Å². The lowest BCUT2D eigenvalue weighted by atomic mass is 10.1. The van der Waals surface area contributed by atoms with E-state index in [1.54, 1.807) is 6.92 Å². The van der Waals surface area contributed by atoms with Crippen LogP contribution in [0.25, 0.3) is 0 Å². The van der Waals surface area contributed by atoms with Crippen molar-refractivity contribution in [3.8, 4) is 0 Å². The van der Waals surface area contributed by atoms with Crippen LogP contribution in [0, 0.1) is 11.8 Å². The Bertz CT molecular complexity index is 388. The molecule has 5 heteroatoms. The molecule has 2 N–H and O–H groups in total. The lowest BCUT2D eigenvalue weighted by Gasteiger charge is -2.27. The lowest BCUT2D eigenvalue weighted by Crippen LogP contribution is -2.49. The van der Waals surface area contributed by atoms with Gasteiger partial charge in [-0.25, -0.2) is 0 Å². The largest absolute Gasteiger partial charge is 0.480 e. The normalized spacial score (nSPS) is 23.9. The minimum absolute atomic E-state index is 0.00815. The van der Waals surface area contributed by atoms with Crippen LogP contribution in [-0.4, -0.2) is 46.6 Å². The van der Waals surface area contributed by atoms with Gasteiger partial charge in [0.2, 0.25) is 5.91 Å². The van der Waals surface area contributed by atoms with Crippen LogP contribution in [0.5, 0.6) is 0 Å². The molecule has 0 aromatic rings. The van der Waals surface area contributed by atoms with E-state index in [1.165, 1.54) is 25.7 Å². The second kappa shape index (κ2) is 5.35. The fraction of sp³-hybridized carbons (Fsp3) is 0.867. The molecule has 5 nitrogen and oxygen atoms in total. The number of nitrogens with one attached hydrogen (secondary N) is 1. The molecule has 0 aliphatic heterocycles. The molecular weight excluding hydrogens is 256 g/mol. The van der Waals surface area contributed by atoms with E-state index in [0.717, 1.165) is 12.8 Å². The molecule has 1 unspecified atom stereocenters. The minimum Gasteiger partial charge on any atom is -0.480 e. The predicted octanol–water partition coefficient (Wildman–Crippen LogP) is 1.23. The second-order valence-corrected chi connectivity index (χ2v) is 6.69. The number of hydrogen-bond acceptors (Lipinski definition) is 3. The third-order valence-electron chi connectivity index (χ3n) is 4.78. The number of carboxylic acids is 1. The molecule has 20 heavy (non-hydrogen) atoms. The van der Waals surface area contributed by atoms with E-state index in [9.17, 15) is 9.59 Å². The number of carbonyl (C=O) groups excluding carboxylic acids is 1. The second-order valence-electron chi connectivity index (χ2n) is 6.69. The van der Waals surface area contributed by atoms with Crippen molar-refractivity contribution in [1.82, 2.24) is 10.2 Å². The van der Waals surface area contributed by atoms with Crippen molar-refractivity contribution in [2.45, 2.75) is 63.6 Å². The first-order chi connectivity index (χ1) is 9.56. The van der Waals surface area contributed by atoms with E-state index in [-0.39, 0.29) is 18.5 Å². The molecule has 0 spiro atoms. The van der Waals surface area contributed by atoms with Gasteiger partial charge in [0.25, 0.3) is 0 Å². The average molecular weight is 280 g/mol. The lowest BCUT2D eigenvalue weighted by molar-refractivity contribution is -0.143. The van der Waals surface area contributed by atoms with E-state index >= 15 is 0 Å². The summed E-state index contributed by atoms with van der Waals surface area (Å²) in [6.07, 6.45) is 6.97. The summed E-state index contributed by atoms with van der Waals surface area (Å²) in [5, 5.41) is 12.3. The van der Waals surface area contributed by atoms with Gasteiger partial charge >= 0.3 is 5.97 Å². The van der Waals surface area contributed by atoms with Gasteiger partial charge in [-0.1, -0.05) is 0 Å². The molecule has 3 aliphatic carbocycles. The summed E-state index contributed by atoms with van der Waals surface area (Å²) in [6.45, 7) is 1.90. The SMILES string of the molecule is CC(C(=O)O)N(CC(=O)NC(C1CC1)C1CC1)C1CC1.